The molecule has 0 radical (unpaired) electrons. The number of hydrogen-bond donors (Lipinski definition) is 6. The number of allylic oxidation sites excluding steroid dienone is 1. The second kappa shape index (κ2) is 17.8. The van der Waals surface area contributed by atoms with Crippen molar-refractivity contribution in [1.82, 2.24) is 0 Å². The third-order valence-electron chi connectivity index (χ3n) is 6.05. The molecule has 0 saturated carbocycles. The third-order valence-corrected chi connectivity index (χ3v) is 6.05. The molecule has 0 aliphatic carbocycles. The van der Waals surface area contributed by atoms with Crippen LogP contribution in [-0.2, 0) is 9.47 Å². The largest absolute Gasteiger partial charge is 0.394 e. The first-order chi connectivity index (χ1) is 15.4. The number of unbranched alkanes of at least 4 members (excludes halogenated alkanes) is 11. The van der Waals surface area contributed by atoms with Gasteiger partial charge >= 0.3 is 0 Å². The first-order valence-electron chi connectivity index (χ1n) is 12.4. The van der Waals surface area contributed by atoms with Crippen LogP contribution in [0.3, 0.4) is 0 Å². The van der Waals surface area contributed by atoms with Gasteiger partial charge in [0.05, 0.1) is 25.4 Å². The van der Waals surface area contributed by atoms with E-state index in [2.05, 4.69) is 6.92 Å². The molecule has 7 N–H and O–H groups in total. The summed E-state index contributed by atoms with van der Waals surface area (Å²) in [6.07, 6.45) is 11.1. The maximum atomic E-state index is 10.2. The number of rotatable bonds is 18. The van der Waals surface area contributed by atoms with Crippen molar-refractivity contribution in [2.24, 2.45) is 5.73 Å². The van der Waals surface area contributed by atoms with E-state index in [1.807, 2.05) is 6.08 Å². The Labute approximate surface area is 193 Å². The summed E-state index contributed by atoms with van der Waals surface area (Å²) in [5, 5.41) is 48.8. The van der Waals surface area contributed by atoms with Crippen LogP contribution in [-0.4, -0.2) is 81.6 Å². The predicted octanol–water partition coefficient (Wildman–Crippen LogP) is 1.75. The second-order valence-electron chi connectivity index (χ2n) is 8.94. The smallest absolute Gasteiger partial charge is 0.186 e. The van der Waals surface area contributed by atoms with Crippen molar-refractivity contribution in [1.29, 1.82) is 0 Å². The Morgan fingerprint density at radius 2 is 1.44 bits per heavy atom. The van der Waals surface area contributed by atoms with Gasteiger partial charge in [0.2, 0.25) is 0 Å². The van der Waals surface area contributed by atoms with Crippen molar-refractivity contribution < 1.29 is 35.0 Å². The molecule has 0 aromatic rings. The van der Waals surface area contributed by atoms with Crippen molar-refractivity contribution >= 4 is 0 Å². The number of ether oxygens (including phenoxy) is 2. The van der Waals surface area contributed by atoms with Gasteiger partial charge in [0.15, 0.2) is 6.29 Å². The van der Waals surface area contributed by atoms with Crippen LogP contribution in [0.1, 0.15) is 84.0 Å². The van der Waals surface area contributed by atoms with Gasteiger partial charge in [0.25, 0.3) is 0 Å². The summed E-state index contributed by atoms with van der Waals surface area (Å²) in [4.78, 5) is 0. The standard InChI is InChI=1S/C24H47NO7/c1-2-3-4-5-6-7-8-9-10-11-12-13-14-15-19(27)18(25)17-31-24-23(30)22(29)21(28)20(16-26)32-24/h14-15,18-24,26-30H,2-13,16-17,25H2,1H3/b15-14+/t18-,19+,20+,21+,22-,23+,24?/m0/s1. The minimum absolute atomic E-state index is 0.118. The van der Waals surface area contributed by atoms with E-state index >= 15 is 0 Å². The number of hydrogen-bond acceptors (Lipinski definition) is 8. The highest BCUT2D eigenvalue weighted by Crippen LogP contribution is 2.22. The summed E-state index contributed by atoms with van der Waals surface area (Å²) in [6, 6.07) is -0.740. The van der Waals surface area contributed by atoms with Gasteiger partial charge in [-0.3, -0.25) is 0 Å². The van der Waals surface area contributed by atoms with E-state index in [0.717, 1.165) is 12.8 Å². The van der Waals surface area contributed by atoms with Crippen LogP contribution in [0.4, 0.5) is 0 Å². The average molecular weight is 462 g/mol. The molecule has 0 amide bonds. The van der Waals surface area contributed by atoms with Gasteiger partial charge in [-0.2, -0.15) is 0 Å². The summed E-state index contributed by atoms with van der Waals surface area (Å²) in [5.41, 5.74) is 5.93. The Morgan fingerprint density at radius 1 is 0.875 bits per heavy atom. The van der Waals surface area contributed by atoms with Gasteiger partial charge < -0.3 is 40.7 Å². The fraction of sp³-hybridized carbons (Fsp3) is 0.917. The molecular weight excluding hydrogens is 414 g/mol. The molecule has 190 valence electrons. The zero-order valence-electron chi connectivity index (χ0n) is 19.7. The van der Waals surface area contributed by atoms with Gasteiger partial charge in [0.1, 0.15) is 24.4 Å². The van der Waals surface area contributed by atoms with E-state index in [4.69, 9.17) is 15.2 Å². The topological polar surface area (TPSA) is 146 Å². The van der Waals surface area contributed by atoms with Crippen molar-refractivity contribution in [3.8, 4) is 0 Å². The highest BCUT2D eigenvalue weighted by Gasteiger charge is 2.44. The maximum absolute atomic E-state index is 10.2. The Bertz CT molecular complexity index is 477. The van der Waals surface area contributed by atoms with Crippen LogP contribution in [0.5, 0.6) is 0 Å². The Morgan fingerprint density at radius 3 is 2.00 bits per heavy atom. The van der Waals surface area contributed by atoms with Gasteiger partial charge in [-0.1, -0.05) is 83.3 Å². The second-order valence-corrected chi connectivity index (χ2v) is 8.94. The monoisotopic (exact) mass is 461 g/mol. The Balaban J connectivity index is 2.10. The van der Waals surface area contributed by atoms with Crippen LogP contribution in [0.15, 0.2) is 12.2 Å². The first kappa shape index (κ1) is 29.5. The summed E-state index contributed by atoms with van der Waals surface area (Å²) >= 11 is 0. The van der Waals surface area contributed by atoms with E-state index in [0.29, 0.717) is 0 Å². The van der Waals surface area contributed by atoms with E-state index in [-0.39, 0.29) is 6.61 Å². The lowest BCUT2D eigenvalue weighted by Crippen LogP contribution is -2.59. The van der Waals surface area contributed by atoms with Crippen molar-refractivity contribution in [2.45, 2.75) is 127 Å². The summed E-state index contributed by atoms with van der Waals surface area (Å²) in [6.45, 7) is 1.60. The quantitative estimate of drug-likeness (QED) is 0.134. The molecule has 1 fully saturated rings. The van der Waals surface area contributed by atoms with E-state index in [9.17, 15) is 25.5 Å². The molecule has 7 atom stereocenters. The molecule has 1 rings (SSSR count). The lowest BCUT2D eigenvalue weighted by Gasteiger charge is -2.39. The lowest BCUT2D eigenvalue weighted by atomic mass is 9.99. The van der Waals surface area contributed by atoms with Gasteiger partial charge in [0, 0.05) is 0 Å². The Kier molecular flexibility index (Phi) is 16.4. The number of nitrogens with two attached hydrogens (primary N) is 1. The summed E-state index contributed by atoms with van der Waals surface area (Å²) in [5.74, 6) is 0. The normalized spacial score (nSPS) is 28.3. The zero-order chi connectivity index (χ0) is 23.8. The molecule has 1 saturated heterocycles. The molecule has 0 aromatic carbocycles. The summed E-state index contributed by atoms with van der Waals surface area (Å²) in [7, 11) is 0. The predicted molar refractivity (Wildman–Crippen MR) is 124 cm³/mol. The maximum Gasteiger partial charge on any atom is 0.186 e. The molecule has 1 aliphatic rings. The van der Waals surface area contributed by atoms with Crippen LogP contribution in [0.25, 0.3) is 0 Å². The highest BCUT2D eigenvalue weighted by atomic mass is 16.7. The molecular formula is C24H47NO7. The molecule has 8 heteroatoms. The van der Waals surface area contributed by atoms with Crippen molar-refractivity contribution in [2.75, 3.05) is 13.2 Å². The molecule has 1 unspecified atom stereocenters. The third kappa shape index (κ3) is 11.5. The highest BCUT2D eigenvalue weighted by molar-refractivity contribution is 4.94. The molecule has 1 aliphatic heterocycles. The lowest BCUT2D eigenvalue weighted by molar-refractivity contribution is -0.302. The SMILES string of the molecule is CCCCCCCCCCCCC/C=C/[C@@H](O)[C@@H](N)COC1O[C@H](CO)[C@@H](O)[C@H](O)[C@H]1O. The minimum Gasteiger partial charge on any atom is -0.394 e. The molecule has 1 heterocycles. The first-order valence-corrected chi connectivity index (χ1v) is 12.4. The summed E-state index contributed by atoms with van der Waals surface area (Å²) < 4.78 is 10.6. The number of aliphatic hydroxyl groups excluding tert-OH is 5. The van der Waals surface area contributed by atoms with Gasteiger partial charge in [-0.15, -0.1) is 0 Å². The molecule has 32 heavy (non-hydrogen) atoms. The molecule has 0 spiro atoms. The fourth-order valence-corrected chi connectivity index (χ4v) is 3.81. The molecule has 8 nitrogen and oxygen atoms in total. The van der Waals surface area contributed by atoms with Crippen LogP contribution in [0.2, 0.25) is 0 Å². The average Bonchev–Trinajstić information content (AvgIpc) is 2.79. The fourth-order valence-electron chi connectivity index (χ4n) is 3.81. The molecule has 0 bridgehead atoms. The van der Waals surface area contributed by atoms with E-state index < -0.39 is 49.5 Å². The van der Waals surface area contributed by atoms with E-state index in [1.54, 1.807) is 6.08 Å². The van der Waals surface area contributed by atoms with Crippen molar-refractivity contribution in [3.05, 3.63) is 12.2 Å². The molecule has 0 aromatic heterocycles. The van der Waals surface area contributed by atoms with Gasteiger partial charge in [-0.05, 0) is 12.8 Å². The Hall–Kier alpha value is -0.580. The zero-order valence-corrected chi connectivity index (χ0v) is 19.7. The van der Waals surface area contributed by atoms with Crippen LogP contribution >= 0.6 is 0 Å². The van der Waals surface area contributed by atoms with Crippen LogP contribution < -0.4 is 5.73 Å². The van der Waals surface area contributed by atoms with Gasteiger partial charge in [-0.25, -0.2) is 0 Å². The minimum atomic E-state index is -1.50. The number of aliphatic hydroxyl groups is 5. The van der Waals surface area contributed by atoms with E-state index in [1.165, 1.54) is 64.2 Å². The van der Waals surface area contributed by atoms with Crippen molar-refractivity contribution in [3.63, 3.8) is 0 Å². The van der Waals surface area contributed by atoms with Crippen LogP contribution in [0, 0.1) is 0 Å².